The van der Waals surface area contributed by atoms with Crippen molar-refractivity contribution in [1.82, 2.24) is 9.80 Å². The van der Waals surface area contributed by atoms with Crippen LogP contribution < -0.4 is 0 Å². The molecule has 0 aromatic carbocycles. The first kappa shape index (κ1) is 14.5. The van der Waals surface area contributed by atoms with Crippen LogP contribution in [0.2, 0.25) is 0 Å². The van der Waals surface area contributed by atoms with E-state index in [4.69, 9.17) is 5.11 Å². The van der Waals surface area contributed by atoms with Crippen molar-refractivity contribution in [3.8, 4) is 0 Å². The van der Waals surface area contributed by atoms with Crippen molar-refractivity contribution in [1.29, 1.82) is 0 Å². The molecule has 1 heterocycles. The Bertz CT molecular complexity index is 244. The zero-order chi connectivity index (χ0) is 12.8. The maximum atomic E-state index is 10.8. The second-order valence-electron chi connectivity index (χ2n) is 5.38. The van der Waals surface area contributed by atoms with E-state index in [2.05, 4.69) is 25.8 Å². The minimum atomic E-state index is -0.726. The molecule has 1 N–H and O–H groups in total. The normalized spacial score (nSPS) is 22.3. The van der Waals surface area contributed by atoms with E-state index in [-0.39, 0.29) is 6.54 Å². The largest absolute Gasteiger partial charge is 0.480 e. The molecular weight excluding hydrogens is 216 g/mol. The zero-order valence-corrected chi connectivity index (χ0v) is 11.4. The number of rotatable bonds is 6. The van der Waals surface area contributed by atoms with Crippen molar-refractivity contribution >= 4 is 5.97 Å². The summed E-state index contributed by atoms with van der Waals surface area (Å²) in [5, 5.41) is 8.87. The summed E-state index contributed by atoms with van der Waals surface area (Å²) in [5.41, 5.74) is 0. The van der Waals surface area contributed by atoms with Gasteiger partial charge in [0, 0.05) is 18.6 Å². The van der Waals surface area contributed by atoms with Gasteiger partial charge in [0.2, 0.25) is 0 Å². The molecule has 1 fully saturated rings. The molecule has 4 heteroatoms. The number of carboxylic acid groups (broad SMARTS) is 1. The lowest BCUT2D eigenvalue weighted by atomic mass is 10.00. The van der Waals surface area contributed by atoms with Gasteiger partial charge >= 0.3 is 5.97 Å². The summed E-state index contributed by atoms with van der Waals surface area (Å²) in [6.45, 7) is 6.36. The van der Waals surface area contributed by atoms with Gasteiger partial charge in [0.25, 0.3) is 0 Å². The molecule has 17 heavy (non-hydrogen) atoms. The number of hydrogen-bond acceptors (Lipinski definition) is 3. The maximum absolute atomic E-state index is 10.8. The number of carboxylic acids is 1. The molecule has 4 nitrogen and oxygen atoms in total. The second kappa shape index (κ2) is 6.97. The number of carbonyl (C=O) groups is 1. The molecule has 1 atom stereocenters. The Labute approximate surface area is 105 Å². The first-order valence-corrected chi connectivity index (χ1v) is 6.66. The van der Waals surface area contributed by atoms with E-state index >= 15 is 0 Å². The average molecular weight is 242 g/mol. The topological polar surface area (TPSA) is 43.8 Å². The van der Waals surface area contributed by atoms with Gasteiger partial charge in [-0.05, 0) is 46.7 Å². The van der Waals surface area contributed by atoms with Gasteiger partial charge < -0.3 is 10.0 Å². The van der Waals surface area contributed by atoms with Crippen molar-refractivity contribution < 1.29 is 9.90 Å². The SMILES string of the molecule is CC(C)N(CCC1CCCCN1C)CC(=O)O. The van der Waals surface area contributed by atoms with E-state index < -0.39 is 5.97 Å². The van der Waals surface area contributed by atoms with Gasteiger partial charge in [0.05, 0.1) is 6.54 Å². The van der Waals surface area contributed by atoms with Crippen molar-refractivity contribution in [2.45, 2.75) is 51.6 Å². The van der Waals surface area contributed by atoms with Gasteiger partial charge in [0.1, 0.15) is 0 Å². The third kappa shape index (κ3) is 5.04. The minimum Gasteiger partial charge on any atom is -0.480 e. The summed E-state index contributed by atoms with van der Waals surface area (Å²) in [5.74, 6) is -0.726. The molecule has 0 amide bonds. The summed E-state index contributed by atoms with van der Waals surface area (Å²) in [6.07, 6.45) is 4.96. The van der Waals surface area contributed by atoms with Crippen molar-refractivity contribution in [2.75, 3.05) is 26.7 Å². The Kier molecular flexibility index (Phi) is 5.92. The van der Waals surface area contributed by atoms with Crippen LogP contribution >= 0.6 is 0 Å². The van der Waals surface area contributed by atoms with Crippen LogP contribution in [-0.4, -0.2) is 59.6 Å². The Balaban J connectivity index is 2.37. The van der Waals surface area contributed by atoms with Crippen LogP contribution in [0.5, 0.6) is 0 Å². The summed E-state index contributed by atoms with van der Waals surface area (Å²) >= 11 is 0. The number of hydrogen-bond donors (Lipinski definition) is 1. The third-order valence-corrected chi connectivity index (χ3v) is 3.74. The molecule has 0 bridgehead atoms. The highest BCUT2D eigenvalue weighted by Gasteiger charge is 2.21. The highest BCUT2D eigenvalue weighted by molar-refractivity contribution is 5.69. The fraction of sp³-hybridized carbons (Fsp3) is 0.923. The van der Waals surface area contributed by atoms with Crippen LogP contribution in [0.25, 0.3) is 0 Å². The second-order valence-corrected chi connectivity index (χ2v) is 5.38. The van der Waals surface area contributed by atoms with E-state index in [1.165, 1.54) is 25.8 Å². The Hall–Kier alpha value is -0.610. The van der Waals surface area contributed by atoms with Crippen molar-refractivity contribution in [2.24, 2.45) is 0 Å². The van der Waals surface area contributed by atoms with Gasteiger partial charge in [-0.25, -0.2) is 0 Å². The summed E-state index contributed by atoms with van der Waals surface area (Å²) < 4.78 is 0. The lowest BCUT2D eigenvalue weighted by Crippen LogP contribution is -2.42. The zero-order valence-electron chi connectivity index (χ0n) is 11.4. The van der Waals surface area contributed by atoms with Crippen molar-refractivity contribution in [3.05, 3.63) is 0 Å². The predicted octanol–water partition coefficient (Wildman–Crippen LogP) is 1.66. The first-order valence-electron chi connectivity index (χ1n) is 6.66. The molecule has 0 aromatic heterocycles. The van der Waals surface area contributed by atoms with E-state index in [1.807, 2.05) is 4.90 Å². The summed E-state index contributed by atoms with van der Waals surface area (Å²) in [7, 11) is 2.18. The van der Waals surface area contributed by atoms with Gasteiger partial charge in [0.15, 0.2) is 0 Å². The standard InChI is InChI=1S/C13H26N2O2/c1-11(2)15(10-13(16)17)9-7-12-6-4-5-8-14(12)3/h11-12H,4-10H2,1-3H3,(H,16,17). The van der Waals surface area contributed by atoms with Crippen LogP contribution in [0.1, 0.15) is 39.5 Å². The van der Waals surface area contributed by atoms with E-state index in [9.17, 15) is 4.79 Å². The number of likely N-dealkylation sites (tertiary alicyclic amines) is 1. The van der Waals surface area contributed by atoms with E-state index in [0.29, 0.717) is 12.1 Å². The fourth-order valence-electron chi connectivity index (χ4n) is 2.52. The van der Waals surface area contributed by atoms with Gasteiger partial charge in [-0.2, -0.15) is 0 Å². The quantitative estimate of drug-likeness (QED) is 0.769. The lowest BCUT2D eigenvalue weighted by Gasteiger charge is -2.34. The molecule has 0 radical (unpaired) electrons. The fourth-order valence-corrected chi connectivity index (χ4v) is 2.52. The smallest absolute Gasteiger partial charge is 0.317 e. The highest BCUT2D eigenvalue weighted by Crippen LogP contribution is 2.18. The number of nitrogens with zero attached hydrogens (tertiary/aromatic N) is 2. The van der Waals surface area contributed by atoms with Crippen LogP contribution in [-0.2, 0) is 4.79 Å². The van der Waals surface area contributed by atoms with Gasteiger partial charge in [-0.15, -0.1) is 0 Å². The molecule has 0 aliphatic carbocycles. The highest BCUT2D eigenvalue weighted by atomic mass is 16.4. The van der Waals surface area contributed by atoms with E-state index in [0.717, 1.165) is 13.0 Å². The molecule has 1 saturated heterocycles. The predicted molar refractivity (Wildman–Crippen MR) is 69.2 cm³/mol. The summed E-state index contributed by atoms with van der Waals surface area (Å²) in [6, 6.07) is 0.943. The molecular formula is C13H26N2O2. The average Bonchev–Trinajstić information content (AvgIpc) is 2.25. The summed E-state index contributed by atoms with van der Waals surface area (Å²) in [4.78, 5) is 15.2. The van der Waals surface area contributed by atoms with Crippen LogP contribution in [0.4, 0.5) is 0 Å². The molecule has 1 rings (SSSR count). The molecule has 0 spiro atoms. The Morgan fingerprint density at radius 1 is 1.47 bits per heavy atom. The molecule has 1 unspecified atom stereocenters. The first-order chi connectivity index (χ1) is 8.00. The third-order valence-electron chi connectivity index (χ3n) is 3.74. The van der Waals surface area contributed by atoms with Crippen LogP contribution in [0, 0.1) is 0 Å². The van der Waals surface area contributed by atoms with E-state index in [1.54, 1.807) is 0 Å². The number of aliphatic carboxylic acids is 1. The molecule has 0 saturated carbocycles. The number of piperidine rings is 1. The van der Waals surface area contributed by atoms with Crippen LogP contribution in [0.3, 0.4) is 0 Å². The molecule has 1 aliphatic heterocycles. The van der Waals surface area contributed by atoms with Gasteiger partial charge in [-0.3, -0.25) is 9.69 Å². The molecule has 1 aliphatic rings. The van der Waals surface area contributed by atoms with Crippen LogP contribution in [0.15, 0.2) is 0 Å². The molecule has 0 aromatic rings. The lowest BCUT2D eigenvalue weighted by molar-refractivity contribution is -0.138. The maximum Gasteiger partial charge on any atom is 0.317 e. The van der Waals surface area contributed by atoms with Crippen molar-refractivity contribution in [3.63, 3.8) is 0 Å². The van der Waals surface area contributed by atoms with Gasteiger partial charge in [-0.1, -0.05) is 6.42 Å². The molecule has 100 valence electrons. The Morgan fingerprint density at radius 2 is 2.18 bits per heavy atom. The monoisotopic (exact) mass is 242 g/mol. The Morgan fingerprint density at radius 3 is 2.71 bits per heavy atom. The minimum absolute atomic E-state index is 0.161.